The lowest BCUT2D eigenvalue weighted by molar-refractivity contribution is 0.0988. The van der Waals surface area contributed by atoms with Crippen LogP contribution in [0.1, 0.15) is 23.7 Å². The number of carbonyl (C=O) groups excluding carboxylic acids is 1. The Hall–Kier alpha value is -2.16. The summed E-state index contributed by atoms with van der Waals surface area (Å²) >= 11 is 0. The number of methoxy groups -OCH3 is 1. The van der Waals surface area contributed by atoms with Gasteiger partial charge in [0.25, 0.3) is 0 Å². The molecule has 0 spiro atoms. The average molecular weight is 241 g/mol. The quantitative estimate of drug-likeness (QED) is 0.770. The predicted molar refractivity (Wildman–Crippen MR) is 70.8 cm³/mol. The van der Waals surface area contributed by atoms with Crippen LogP contribution in [0.4, 0.5) is 0 Å². The van der Waals surface area contributed by atoms with Gasteiger partial charge in [-0.3, -0.25) is 9.78 Å². The lowest BCUT2D eigenvalue weighted by Crippen LogP contribution is -1.96. The molecule has 92 valence electrons. The fourth-order valence-electron chi connectivity index (χ4n) is 1.73. The summed E-state index contributed by atoms with van der Waals surface area (Å²) in [5, 5.41) is 0. The molecular weight excluding hydrogens is 226 g/mol. The number of ketones is 1. The Balaban J connectivity index is 2.35. The molecule has 0 aliphatic heterocycles. The van der Waals surface area contributed by atoms with Crippen molar-refractivity contribution in [3.8, 4) is 17.0 Å². The zero-order chi connectivity index (χ0) is 13.0. The molecule has 3 heteroatoms. The van der Waals surface area contributed by atoms with Crippen LogP contribution >= 0.6 is 0 Å². The molecule has 18 heavy (non-hydrogen) atoms. The molecular formula is C15H15NO2. The van der Waals surface area contributed by atoms with E-state index in [1.807, 2.05) is 43.3 Å². The maximum atomic E-state index is 11.7. The Morgan fingerprint density at radius 2 is 2.11 bits per heavy atom. The van der Waals surface area contributed by atoms with E-state index in [4.69, 9.17) is 4.74 Å². The third kappa shape index (κ3) is 2.56. The molecule has 0 radical (unpaired) electrons. The van der Waals surface area contributed by atoms with Gasteiger partial charge in [-0.05, 0) is 18.2 Å². The van der Waals surface area contributed by atoms with Gasteiger partial charge in [0.1, 0.15) is 5.75 Å². The Kier molecular flexibility index (Phi) is 3.72. The summed E-state index contributed by atoms with van der Waals surface area (Å²) in [5.41, 5.74) is 2.51. The minimum atomic E-state index is 0.144. The molecule has 2 rings (SSSR count). The first-order valence-corrected chi connectivity index (χ1v) is 5.88. The van der Waals surface area contributed by atoms with Crippen LogP contribution in [-0.4, -0.2) is 17.9 Å². The van der Waals surface area contributed by atoms with E-state index in [-0.39, 0.29) is 5.78 Å². The molecule has 2 aromatic rings. The van der Waals surface area contributed by atoms with Gasteiger partial charge >= 0.3 is 0 Å². The summed E-state index contributed by atoms with van der Waals surface area (Å²) in [5.74, 6) is 0.866. The van der Waals surface area contributed by atoms with Crippen molar-refractivity contribution in [3.05, 3.63) is 48.2 Å². The average Bonchev–Trinajstić information content (AvgIpc) is 2.46. The van der Waals surface area contributed by atoms with Gasteiger partial charge in [0.2, 0.25) is 0 Å². The third-order valence-corrected chi connectivity index (χ3v) is 2.77. The first kappa shape index (κ1) is 12.3. The van der Waals surface area contributed by atoms with Gasteiger partial charge < -0.3 is 4.74 Å². The first-order valence-electron chi connectivity index (χ1n) is 5.88. The molecule has 0 amide bonds. The molecule has 1 aromatic carbocycles. The topological polar surface area (TPSA) is 39.2 Å². The summed E-state index contributed by atoms with van der Waals surface area (Å²) in [4.78, 5) is 16.0. The second kappa shape index (κ2) is 5.45. The number of Topliss-reactive ketones (excluding diaryl/α,β-unsaturated/α-hetero) is 1. The maximum Gasteiger partial charge on any atom is 0.162 e. The molecule has 0 atom stereocenters. The lowest BCUT2D eigenvalue weighted by Gasteiger charge is -2.04. The number of rotatable bonds is 4. The van der Waals surface area contributed by atoms with E-state index in [1.54, 1.807) is 13.3 Å². The fourth-order valence-corrected chi connectivity index (χ4v) is 1.73. The zero-order valence-electron chi connectivity index (χ0n) is 10.5. The third-order valence-electron chi connectivity index (χ3n) is 2.77. The Morgan fingerprint density at radius 3 is 2.72 bits per heavy atom. The van der Waals surface area contributed by atoms with Crippen LogP contribution in [0.3, 0.4) is 0 Å². The number of nitrogens with zero attached hydrogens (tertiary/aromatic N) is 1. The highest BCUT2D eigenvalue weighted by Crippen LogP contribution is 2.20. The highest BCUT2D eigenvalue weighted by atomic mass is 16.5. The van der Waals surface area contributed by atoms with Crippen molar-refractivity contribution in [2.75, 3.05) is 7.11 Å². The molecule has 0 unspecified atom stereocenters. The first-order chi connectivity index (χ1) is 8.74. The molecule has 3 nitrogen and oxygen atoms in total. The number of hydrogen-bond donors (Lipinski definition) is 0. The van der Waals surface area contributed by atoms with Gasteiger partial charge in [-0.15, -0.1) is 0 Å². The van der Waals surface area contributed by atoms with E-state index in [2.05, 4.69) is 4.98 Å². The predicted octanol–water partition coefficient (Wildman–Crippen LogP) is 3.35. The normalized spacial score (nSPS) is 10.1. The van der Waals surface area contributed by atoms with E-state index in [0.717, 1.165) is 22.6 Å². The van der Waals surface area contributed by atoms with Crippen molar-refractivity contribution in [1.82, 2.24) is 4.98 Å². The number of aromatic nitrogens is 1. The minimum absolute atomic E-state index is 0.144. The van der Waals surface area contributed by atoms with Crippen LogP contribution in [0.5, 0.6) is 5.75 Å². The van der Waals surface area contributed by atoms with Crippen LogP contribution in [0.25, 0.3) is 11.3 Å². The second-order valence-corrected chi connectivity index (χ2v) is 3.94. The molecule has 0 N–H and O–H groups in total. The fraction of sp³-hybridized carbons (Fsp3) is 0.200. The Bertz CT molecular complexity index is 547. The van der Waals surface area contributed by atoms with Crippen molar-refractivity contribution >= 4 is 5.78 Å². The Labute approximate surface area is 106 Å². The van der Waals surface area contributed by atoms with Gasteiger partial charge in [0.15, 0.2) is 5.78 Å². The molecule has 0 saturated heterocycles. The summed E-state index contributed by atoms with van der Waals surface area (Å²) in [6.45, 7) is 1.86. The van der Waals surface area contributed by atoms with E-state index in [9.17, 15) is 4.79 Å². The number of carbonyl (C=O) groups is 1. The van der Waals surface area contributed by atoms with Crippen LogP contribution in [0.2, 0.25) is 0 Å². The molecule has 0 bridgehead atoms. The van der Waals surface area contributed by atoms with Crippen molar-refractivity contribution in [2.45, 2.75) is 13.3 Å². The highest BCUT2D eigenvalue weighted by Gasteiger charge is 2.05. The Morgan fingerprint density at radius 1 is 1.28 bits per heavy atom. The number of ether oxygens (including phenoxy) is 1. The van der Waals surface area contributed by atoms with Crippen molar-refractivity contribution in [3.63, 3.8) is 0 Å². The minimum Gasteiger partial charge on any atom is -0.495 e. The lowest BCUT2D eigenvalue weighted by atomic mass is 10.0. The van der Waals surface area contributed by atoms with Crippen LogP contribution < -0.4 is 4.74 Å². The number of benzene rings is 1. The summed E-state index contributed by atoms with van der Waals surface area (Å²) in [6, 6.07) is 11.3. The van der Waals surface area contributed by atoms with Gasteiger partial charge in [0.05, 0.1) is 19.0 Å². The van der Waals surface area contributed by atoms with E-state index in [1.165, 1.54) is 0 Å². The van der Waals surface area contributed by atoms with Crippen molar-refractivity contribution in [2.24, 2.45) is 0 Å². The summed E-state index contributed by atoms with van der Waals surface area (Å²) in [7, 11) is 1.61. The van der Waals surface area contributed by atoms with Gasteiger partial charge in [0, 0.05) is 17.5 Å². The molecule has 1 aromatic heterocycles. The smallest absolute Gasteiger partial charge is 0.162 e. The molecule has 1 heterocycles. The SMILES string of the molecule is CCC(=O)c1cccc(-c2ccc(OC)cn2)c1. The van der Waals surface area contributed by atoms with Gasteiger partial charge in [-0.25, -0.2) is 0 Å². The van der Waals surface area contributed by atoms with Crippen LogP contribution in [0, 0.1) is 0 Å². The monoisotopic (exact) mass is 241 g/mol. The summed E-state index contributed by atoms with van der Waals surface area (Å²) < 4.78 is 5.07. The van der Waals surface area contributed by atoms with E-state index in [0.29, 0.717) is 6.42 Å². The van der Waals surface area contributed by atoms with Crippen molar-refractivity contribution < 1.29 is 9.53 Å². The van der Waals surface area contributed by atoms with Crippen LogP contribution in [0.15, 0.2) is 42.6 Å². The van der Waals surface area contributed by atoms with E-state index < -0.39 is 0 Å². The maximum absolute atomic E-state index is 11.7. The largest absolute Gasteiger partial charge is 0.495 e. The van der Waals surface area contributed by atoms with Gasteiger partial charge in [-0.1, -0.05) is 25.1 Å². The number of pyridine rings is 1. The molecule has 0 aliphatic carbocycles. The number of hydrogen-bond acceptors (Lipinski definition) is 3. The van der Waals surface area contributed by atoms with Gasteiger partial charge in [-0.2, -0.15) is 0 Å². The van der Waals surface area contributed by atoms with Crippen LogP contribution in [-0.2, 0) is 0 Å². The molecule has 0 aliphatic rings. The summed E-state index contributed by atoms with van der Waals surface area (Å²) in [6.07, 6.45) is 2.18. The second-order valence-electron chi connectivity index (χ2n) is 3.94. The molecule has 0 saturated carbocycles. The van der Waals surface area contributed by atoms with Crippen molar-refractivity contribution in [1.29, 1.82) is 0 Å². The standard InChI is InChI=1S/C15H15NO2/c1-3-15(17)12-6-4-5-11(9-12)14-8-7-13(18-2)10-16-14/h4-10H,3H2,1-2H3. The highest BCUT2D eigenvalue weighted by molar-refractivity contribution is 5.96. The zero-order valence-corrected chi connectivity index (χ0v) is 10.5. The molecule has 0 fully saturated rings. The van der Waals surface area contributed by atoms with E-state index >= 15 is 0 Å².